The van der Waals surface area contributed by atoms with Crippen molar-refractivity contribution in [2.45, 2.75) is 40.5 Å². The summed E-state index contributed by atoms with van der Waals surface area (Å²) in [6.07, 6.45) is 2.30. The maximum absolute atomic E-state index is 12.5. The standard InChI is InChI=1S/C22H24ClN5O2/c1-13(2)12-30-20-7-5-17(9-19(20)23)27-21(29)8-6-18-14(3)26-22-16(10-24)11-25-28(22)15(18)4/h5,7,9,11,13H,6,8,12H2,1-4H3,(H,27,29). The van der Waals surface area contributed by atoms with Crippen molar-refractivity contribution < 1.29 is 9.53 Å². The largest absolute Gasteiger partial charge is 0.492 e. The molecule has 0 spiro atoms. The molecular formula is C22H24ClN5O2. The van der Waals surface area contributed by atoms with Crippen LogP contribution in [0.5, 0.6) is 5.75 Å². The summed E-state index contributed by atoms with van der Waals surface area (Å²) in [5, 5.41) is 16.7. The van der Waals surface area contributed by atoms with Crippen molar-refractivity contribution in [3.05, 3.63) is 51.9 Å². The lowest BCUT2D eigenvalue weighted by Gasteiger charge is -2.13. The maximum atomic E-state index is 12.5. The van der Waals surface area contributed by atoms with Gasteiger partial charge in [-0.1, -0.05) is 25.4 Å². The van der Waals surface area contributed by atoms with E-state index in [1.807, 2.05) is 13.8 Å². The normalized spacial score (nSPS) is 11.0. The molecule has 2 heterocycles. The van der Waals surface area contributed by atoms with Crippen molar-refractivity contribution in [2.24, 2.45) is 5.92 Å². The zero-order chi connectivity index (χ0) is 21.8. The molecule has 0 bridgehead atoms. The molecule has 0 saturated heterocycles. The Balaban J connectivity index is 1.66. The van der Waals surface area contributed by atoms with Gasteiger partial charge in [0.15, 0.2) is 5.65 Å². The van der Waals surface area contributed by atoms with Crippen LogP contribution in [0.4, 0.5) is 5.69 Å². The van der Waals surface area contributed by atoms with E-state index in [1.165, 1.54) is 6.20 Å². The van der Waals surface area contributed by atoms with Gasteiger partial charge in [0.2, 0.25) is 5.91 Å². The van der Waals surface area contributed by atoms with Gasteiger partial charge in [-0.15, -0.1) is 0 Å². The van der Waals surface area contributed by atoms with Gasteiger partial charge in [-0.3, -0.25) is 4.79 Å². The number of aromatic nitrogens is 3. The molecule has 0 atom stereocenters. The van der Waals surface area contributed by atoms with Crippen molar-refractivity contribution in [1.82, 2.24) is 14.6 Å². The fourth-order valence-corrected chi connectivity index (χ4v) is 3.40. The zero-order valence-corrected chi connectivity index (χ0v) is 18.2. The third-order valence-electron chi connectivity index (χ3n) is 4.72. The summed E-state index contributed by atoms with van der Waals surface area (Å²) >= 11 is 6.26. The van der Waals surface area contributed by atoms with E-state index in [4.69, 9.17) is 21.6 Å². The van der Waals surface area contributed by atoms with E-state index in [2.05, 4.69) is 35.3 Å². The van der Waals surface area contributed by atoms with Crippen LogP contribution >= 0.6 is 11.6 Å². The molecule has 0 radical (unpaired) electrons. The van der Waals surface area contributed by atoms with Gasteiger partial charge in [-0.25, -0.2) is 9.50 Å². The average Bonchev–Trinajstić information content (AvgIpc) is 3.10. The van der Waals surface area contributed by atoms with E-state index in [-0.39, 0.29) is 12.3 Å². The third-order valence-corrected chi connectivity index (χ3v) is 5.01. The van der Waals surface area contributed by atoms with Crippen molar-refractivity contribution in [3.63, 3.8) is 0 Å². The van der Waals surface area contributed by atoms with Gasteiger partial charge >= 0.3 is 0 Å². The van der Waals surface area contributed by atoms with Crippen LogP contribution in [-0.2, 0) is 11.2 Å². The number of carbonyl (C=O) groups excluding carboxylic acids is 1. The predicted molar refractivity (Wildman–Crippen MR) is 116 cm³/mol. The van der Waals surface area contributed by atoms with Crippen molar-refractivity contribution in [2.75, 3.05) is 11.9 Å². The Hall–Kier alpha value is -3.11. The summed E-state index contributed by atoms with van der Waals surface area (Å²) in [6, 6.07) is 7.32. The molecule has 0 aliphatic carbocycles. The number of nitriles is 1. The summed E-state index contributed by atoms with van der Waals surface area (Å²) in [5.41, 5.74) is 4.20. The number of aryl methyl sites for hydroxylation is 2. The van der Waals surface area contributed by atoms with Crippen molar-refractivity contribution >= 4 is 28.8 Å². The molecular weight excluding hydrogens is 402 g/mol. The minimum Gasteiger partial charge on any atom is -0.492 e. The zero-order valence-electron chi connectivity index (χ0n) is 17.5. The van der Waals surface area contributed by atoms with E-state index in [9.17, 15) is 4.79 Å². The first kappa shape index (κ1) is 21.6. The number of nitrogens with zero attached hydrogens (tertiary/aromatic N) is 4. The molecule has 0 fully saturated rings. The number of carbonyl (C=O) groups is 1. The maximum Gasteiger partial charge on any atom is 0.224 e. The number of ether oxygens (including phenoxy) is 1. The van der Waals surface area contributed by atoms with Crippen LogP contribution in [0.1, 0.15) is 42.8 Å². The second-order valence-electron chi connectivity index (χ2n) is 7.56. The lowest BCUT2D eigenvalue weighted by atomic mass is 10.1. The number of halogens is 1. The second-order valence-corrected chi connectivity index (χ2v) is 7.97. The highest BCUT2D eigenvalue weighted by atomic mass is 35.5. The molecule has 8 heteroatoms. The molecule has 0 saturated carbocycles. The Morgan fingerprint density at radius 3 is 2.80 bits per heavy atom. The van der Waals surface area contributed by atoms with Gasteiger partial charge in [0.05, 0.1) is 17.8 Å². The predicted octanol–water partition coefficient (Wildman–Crippen LogP) is 4.48. The number of amides is 1. The molecule has 3 rings (SSSR count). The van der Waals surface area contributed by atoms with Crippen LogP contribution in [0.25, 0.3) is 5.65 Å². The summed E-state index contributed by atoms with van der Waals surface area (Å²) < 4.78 is 7.30. The first-order valence-electron chi connectivity index (χ1n) is 9.76. The minimum atomic E-state index is -0.126. The minimum absolute atomic E-state index is 0.126. The van der Waals surface area contributed by atoms with Crippen LogP contribution in [0, 0.1) is 31.1 Å². The Bertz CT molecular complexity index is 1130. The fourth-order valence-electron chi connectivity index (χ4n) is 3.17. The topological polar surface area (TPSA) is 92.3 Å². The quantitative estimate of drug-likeness (QED) is 0.602. The molecule has 1 aromatic carbocycles. The fraction of sp³-hybridized carbons (Fsp3) is 0.364. The van der Waals surface area contributed by atoms with E-state index in [0.29, 0.717) is 46.6 Å². The number of benzene rings is 1. The molecule has 7 nitrogen and oxygen atoms in total. The van der Waals surface area contributed by atoms with Gasteiger partial charge in [0.1, 0.15) is 17.4 Å². The van der Waals surface area contributed by atoms with E-state index in [1.54, 1.807) is 22.7 Å². The molecule has 1 amide bonds. The molecule has 156 valence electrons. The van der Waals surface area contributed by atoms with Gasteiger partial charge in [-0.2, -0.15) is 10.4 Å². The lowest BCUT2D eigenvalue weighted by Crippen LogP contribution is -2.14. The van der Waals surface area contributed by atoms with Crippen LogP contribution in [0.3, 0.4) is 0 Å². The van der Waals surface area contributed by atoms with Gasteiger partial charge < -0.3 is 10.1 Å². The first-order chi connectivity index (χ1) is 14.3. The van der Waals surface area contributed by atoms with E-state index >= 15 is 0 Å². The third kappa shape index (κ3) is 4.71. The Kier molecular flexibility index (Phi) is 6.58. The Morgan fingerprint density at radius 1 is 1.37 bits per heavy atom. The van der Waals surface area contributed by atoms with E-state index in [0.717, 1.165) is 17.0 Å². The summed E-state index contributed by atoms with van der Waals surface area (Å²) in [6.45, 7) is 8.50. The highest BCUT2D eigenvalue weighted by molar-refractivity contribution is 6.32. The smallest absolute Gasteiger partial charge is 0.224 e. The molecule has 3 aromatic rings. The SMILES string of the molecule is Cc1nc2c(C#N)cnn2c(C)c1CCC(=O)Nc1ccc(OCC(C)C)c(Cl)c1. The van der Waals surface area contributed by atoms with Crippen LogP contribution in [0.2, 0.25) is 5.02 Å². The molecule has 0 aliphatic heterocycles. The highest BCUT2D eigenvalue weighted by Crippen LogP contribution is 2.28. The van der Waals surface area contributed by atoms with Crippen molar-refractivity contribution in [1.29, 1.82) is 5.26 Å². The van der Waals surface area contributed by atoms with Gasteiger partial charge in [0.25, 0.3) is 0 Å². The summed E-state index contributed by atoms with van der Waals surface area (Å²) in [4.78, 5) is 17.0. The van der Waals surface area contributed by atoms with Gasteiger partial charge in [-0.05, 0) is 49.9 Å². The van der Waals surface area contributed by atoms with Crippen molar-refractivity contribution in [3.8, 4) is 11.8 Å². The Morgan fingerprint density at radius 2 is 2.13 bits per heavy atom. The number of rotatable bonds is 7. The van der Waals surface area contributed by atoms with Gasteiger partial charge in [0, 0.05) is 23.5 Å². The second kappa shape index (κ2) is 9.14. The van der Waals surface area contributed by atoms with Crippen LogP contribution in [-0.4, -0.2) is 27.1 Å². The number of nitrogens with one attached hydrogen (secondary N) is 1. The van der Waals surface area contributed by atoms with Crippen LogP contribution in [0.15, 0.2) is 24.4 Å². The molecule has 0 unspecified atom stereocenters. The number of anilines is 1. The van der Waals surface area contributed by atoms with Crippen LogP contribution < -0.4 is 10.1 Å². The number of fused-ring (bicyclic) bond motifs is 1. The molecule has 30 heavy (non-hydrogen) atoms. The first-order valence-corrected chi connectivity index (χ1v) is 10.1. The molecule has 2 aromatic heterocycles. The molecule has 1 N–H and O–H groups in total. The Labute approximate surface area is 180 Å². The average molecular weight is 426 g/mol. The monoisotopic (exact) mass is 425 g/mol. The molecule has 0 aliphatic rings. The lowest BCUT2D eigenvalue weighted by molar-refractivity contribution is -0.116. The van der Waals surface area contributed by atoms with E-state index < -0.39 is 0 Å². The number of hydrogen-bond donors (Lipinski definition) is 1. The summed E-state index contributed by atoms with van der Waals surface area (Å²) in [7, 11) is 0. The number of hydrogen-bond acceptors (Lipinski definition) is 5. The highest BCUT2D eigenvalue weighted by Gasteiger charge is 2.15. The summed E-state index contributed by atoms with van der Waals surface area (Å²) in [5.74, 6) is 0.873.